The minimum atomic E-state index is -0.212. The van der Waals surface area contributed by atoms with Crippen molar-refractivity contribution in [3.8, 4) is 0 Å². The smallest absolute Gasteiger partial charge is 0.319 e. The summed E-state index contributed by atoms with van der Waals surface area (Å²) < 4.78 is 5.71. The first kappa shape index (κ1) is 14.6. The van der Waals surface area contributed by atoms with Crippen LogP contribution in [0.2, 0.25) is 0 Å². The fourth-order valence-corrected chi connectivity index (χ4v) is 2.35. The first-order valence-corrected chi connectivity index (χ1v) is 6.99. The second kappa shape index (κ2) is 6.56. The van der Waals surface area contributed by atoms with Crippen LogP contribution >= 0.6 is 0 Å². The zero-order valence-corrected chi connectivity index (χ0v) is 12.2. The zero-order chi connectivity index (χ0) is 14.5. The SMILES string of the molecule is CCNC(=O)Nc1ccc(N2C[C@H](C)O[C@@H](C)C2)nc1. The van der Waals surface area contributed by atoms with Crippen molar-refractivity contribution in [1.82, 2.24) is 10.3 Å². The van der Waals surface area contributed by atoms with Gasteiger partial charge in [-0.1, -0.05) is 0 Å². The number of anilines is 2. The number of carbonyl (C=O) groups excluding carboxylic acids is 1. The molecular formula is C14H22N4O2. The summed E-state index contributed by atoms with van der Waals surface area (Å²) in [4.78, 5) is 18.0. The molecule has 0 unspecified atom stereocenters. The lowest BCUT2D eigenvalue weighted by Crippen LogP contribution is -2.45. The monoisotopic (exact) mass is 278 g/mol. The summed E-state index contributed by atoms with van der Waals surface area (Å²) in [6.45, 7) is 8.27. The van der Waals surface area contributed by atoms with Gasteiger partial charge in [0, 0.05) is 19.6 Å². The lowest BCUT2D eigenvalue weighted by molar-refractivity contribution is -0.00545. The number of urea groups is 1. The predicted octanol–water partition coefficient (Wildman–Crippen LogP) is 1.84. The number of ether oxygens (including phenoxy) is 1. The molecule has 0 aliphatic carbocycles. The molecule has 0 bridgehead atoms. The van der Waals surface area contributed by atoms with Gasteiger partial charge < -0.3 is 20.3 Å². The van der Waals surface area contributed by atoms with E-state index in [1.165, 1.54) is 0 Å². The van der Waals surface area contributed by atoms with Crippen molar-refractivity contribution in [1.29, 1.82) is 0 Å². The van der Waals surface area contributed by atoms with E-state index in [2.05, 4.69) is 34.4 Å². The van der Waals surface area contributed by atoms with Crippen LogP contribution < -0.4 is 15.5 Å². The molecule has 2 heterocycles. The summed E-state index contributed by atoms with van der Waals surface area (Å²) in [7, 11) is 0. The predicted molar refractivity (Wildman–Crippen MR) is 79.2 cm³/mol. The fourth-order valence-electron chi connectivity index (χ4n) is 2.35. The number of nitrogens with one attached hydrogen (secondary N) is 2. The van der Waals surface area contributed by atoms with Crippen molar-refractivity contribution in [3.63, 3.8) is 0 Å². The van der Waals surface area contributed by atoms with E-state index in [1.807, 2.05) is 19.1 Å². The van der Waals surface area contributed by atoms with Gasteiger partial charge in [-0.2, -0.15) is 0 Å². The normalized spacial score (nSPS) is 22.4. The summed E-state index contributed by atoms with van der Waals surface area (Å²) in [5, 5.41) is 5.41. The van der Waals surface area contributed by atoms with Gasteiger partial charge in [0.2, 0.25) is 0 Å². The number of rotatable bonds is 3. The van der Waals surface area contributed by atoms with Gasteiger partial charge >= 0.3 is 6.03 Å². The number of pyridine rings is 1. The number of hydrogen-bond acceptors (Lipinski definition) is 4. The Labute approximate surface area is 119 Å². The number of carbonyl (C=O) groups is 1. The van der Waals surface area contributed by atoms with Crippen LogP contribution in [0.25, 0.3) is 0 Å². The van der Waals surface area contributed by atoms with Crippen LogP contribution in [0.3, 0.4) is 0 Å². The Morgan fingerprint density at radius 2 is 2.10 bits per heavy atom. The lowest BCUT2D eigenvalue weighted by atomic mass is 10.2. The average molecular weight is 278 g/mol. The highest BCUT2D eigenvalue weighted by Crippen LogP contribution is 2.19. The van der Waals surface area contributed by atoms with Crippen LogP contribution in [-0.4, -0.2) is 42.9 Å². The third-order valence-electron chi connectivity index (χ3n) is 3.09. The fraction of sp³-hybridized carbons (Fsp3) is 0.571. The van der Waals surface area contributed by atoms with Gasteiger partial charge in [-0.25, -0.2) is 9.78 Å². The van der Waals surface area contributed by atoms with E-state index in [0.29, 0.717) is 12.2 Å². The Hall–Kier alpha value is -1.82. The van der Waals surface area contributed by atoms with Crippen LogP contribution in [-0.2, 0) is 4.74 Å². The summed E-state index contributed by atoms with van der Waals surface area (Å²) in [6.07, 6.45) is 2.08. The molecule has 1 aliphatic heterocycles. The highest BCUT2D eigenvalue weighted by atomic mass is 16.5. The second-order valence-electron chi connectivity index (χ2n) is 5.05. The van der Waals surface area contributed by atoms with Gasteiger partial charge in [-0.05, 0) is 32.9 Å². The molecule has 0 radical (unpaired) electrons. The van der Waals surface area contributed by atoms with E-state index >= 15 is 0 Å². The topological polar surface area (TPSA) is 66.5 Å². The van der Waals surface area contributed by atoms with Crippen LogP contribution in [0.15, 0.2) is 18.3 Å². The minimum absolute atomic E-state index is 0.202. The quantitative estimate of drug-likeness (QED) is 0.885. The van der Waals surface area contributed by atoms with Crippen molar-refractivity contribution < 1.29 is 9.53 Å². The van der Waals surface area contributed by atoms with Crippen molar-refractivity contribution in [2.75, 3.05) is 29.9 Å². The molecule has 20 heavy (non-hydrogen) atoms. The highest BCUT2D eigenvalue weighted by Gasteiger charge is 2.22. The molecule has 0 saturated carbocycles. The average Bonchev–Trinajstić information content (AvgIpc) is 2.38. The Bertz CT molecular complexity index is 439. The third kappa shape index (κ3) is 3.84. The minimum Gasteiger partial charge on any atom is -0.372 e. The number of nitrogens with zero attached hydrogens (tertiary/aromatic N) is 2. The molecule has 1 saturated heterocycles. The standard InChI is InChI=1S/C14H22N4O2/c1-4-15-14(19)17-12-5-6-13(16-7-12)18-8-10(2)20-11(3)9-18/h5-7,10-11H,4,8-9H2,1-3H3,(H2,15,17,19)/t10-,11-/m0/s1. The Kier molecular flexibility index (Phi) is 4.79. The van der Waals surface area contributed by atoms with E-state index in [9.17, 15) is 4.79 Å². The molecule has 1 aromatic heterocycles. The molecule has 1 fully saturated rings. The van der Waals surface area contributed by atoms with E-state index in [0.717, 1.165) is 18.9 Å². The van der Waals surface area contributed by atoms with Gasteiger partial charge in [0.1, 0.15) is 5.82 Å². The molecule has 6 nitrogen and oxygen atoms in total. The van der Waals surface area contributed by atoms with Crippen molar-refractivity contribution in [2.24, 2.45) is 0 Å². The molecule has 2 N–H and O–H groups in total. The van der Waals surface area contributed by atoms with Gasteiger partial charge in [0.15, 0.2) is 0 Å². The zero-order valence-electron chi connectivity index (χ0n) is 12.2. The number of morpholine rings is 1. The summed E-state index contributed by atoms with van der Waals surface area (Å²) in [5.74, 6) is 0.911. The first-order chi connectivity index (χ1) is 9.58. The first-order valence-electron chi connectivity index (χ1n) is 6.99. The summed E-state index contributed by atoms with van der Waals surface area (Å²) >= 11 is 0. The van der Waals surface area contributed by atoms with Crippen LogP contribution in [0.4, 0.5) is 16.3 Å². The molecule has 1 aliphatic rings. The maximum atomic E-state index is 11.4. The summed E-state index contributed by atoms with van der Waals surface area (Å²) in [6, 6.07) is 3.57. The Morgan fingerprint density at radius 3 is 2.65 bits per heavy atom. The maximum Gasteiger partial charge on any atom is 0.319 e. The molecule has 2 amide bonds. The van der Waals surface area contributed by atoms with Crippen molar-refractivity contribution in [3.05, 3.63) is 18.3 Å². The molecule has 2 rings (SSSR count). The largest absolute Gasteiger partial charge is 0.372 e. The van der Waals surface area contributed by atoms with Crippen LogP contribution in [0.1, 0.15) is 20.8 Å². The van der Waals surface area contributed by atoms with Crippen LogP contribution in [0.5, 0.6) is 0 Å². The molecule has 6 heteroatoms. The molecule has 0 spiro atoms. The van der Waals surface area contributed by atoms with Crippen LogP contribution in [0, 0.1) is 0 Å². The van der Waals surface area contributed by atoms with Gasteiger partial charge in [0.05, 0.1) is 24.1 Å². The Morgan fingerprint density at radius 1 is 1.40 bits per heavy atom. The van der Waals surface area contributed by atoms with E-state index in [1.54, 1.807) is 6.20 Å². The van der Waals surface area contributed by atoms with Gasteiger partial charge in [-0.15, -0.1) is 0 Å². The van der Waals surface area contributed by atoms with Crippen molar-refractivity contribution >= 4 is 17.5 Å². The lowest BCUT2D eigenvalue weighted by Gasteiger charge is -2.36. The number of hydrogen-bond donors (Lipinski definition) is 2. The van der Waals surface area contributed by atoms with E-state index in [-0.39, 0.29) is 18.2 Å². The molecule has 110 valence electrons. The van der Waals surface area contributed by atoms with Gasteiger partial charge in [0.25, 0.3) is 0 Å². The highest BCUT2D eigenvalue weighted by molar-refractivity contribution is 5.89. The second-order valence-corrected chi connectivity index (χ2v) is 5.05. The van der Waals surface area contributed by atoms with E-state index in [4.69, 9.17) is 4.74 Å². The summed E-state index contributed by atoms with van der Waals surface area (Å²) in [5.41, 5.74) is 0.689. The number of aromatic nitrogens is 1. The van der Waals surface area contributed by atoms with Gasteiger partial charge in [-0.3, -0.25) is 0 Å². The van der Waals surface area contributed by atoms with Crippen molar-refractivity contribution in [2.45, 2.75) is 33.0 Å². The molecule has 1 aromatic rings. The third-order valence-corrected chi connectivity index (χ3v) is 3.09. The molecule has 2 atom stereocenters. The maximum absolute atomic E-state index is 11.4. The number of amides is 2. The Balaban J connectivity index is 1.99. The molecule has 0 aromatic carbocycles. The molecular weight excluding hydrogens is 256 g/mol. The van der Waals surface area contributed by atoms with E-state index < -0.39 is 0 Å².